The second kappa shape index (κ2) is 9.88. The van der Waals surface area contributed by atoms with Crippen LogP contribution in [-0.2, 0) is 15.6 Å². The van der Waals surface area contributed by atoms with Crippen LogP contribution in [0.25, 0.3) is 0 Å². The molecular formula is CH2CuO2. The van der Waals surface area contributed by atoms with E-state index < -0.39 is 0 Å². The molecule has 3 heteroatoms. The Bertz CT molecular complexity index is 6.00. The van der Waals surface area contributed by atoms with Gasteiger partial charge in [-0.1, -0.05) is 0 Å². The van der Waals surface area contributed by atoms with E-state index in [1.807, 2.05) is 0 Å². The van der Waals surface area contributed by atoms with Gasteiger partial charge in [0.25, 0.3) is 0 Å². The Morgan fingerprint density at radius 2 is 1.25 bits per heavy atom. The summed E-state index contributed by atoms with van der Waals surface area (Å²) in [6, 6.07) is 0. The van der Waals surface area contributed by atoms with Gasteiger partial charge >= 0.3 is 24.0 Å². The summed E-state index contributed by atoms with van der Waals surface area (Å²) in [5.74, 6) is 0. The molecule has 0 aliphatic rings. The maximum absolute atomic E-state index is 7.03. The van der Waals surface area contributed by atoms with Gasteiger partial charge in [-0.3, -0.25) is 0 Å². The van der Waals surface area contributed by atoms with Gasteiger partial charge in [-0.15, -0.1) is 0 Å². The summed E-state index contributed by atoms with van der Waals surface area (Å²) in [5, 5.41) is 0. The van der Waals surface area contributed by atoms with Crippen molar-refractivity contribution < 1.29 is 24.0 Å². The number of rotatable bonds is 0. The summed E-state index contributed by atoms with van der Waals surface area (Å²) < 4.78 is 14.1. The molecule has 0 amide bonds. The minimum absolute atomic E-state index is 0. The maximum atomic E-state index is 7.03. The second-order valence-corrected chi connectivity index (χ2v) is 0.249. The third-order valence-electron chi connectivity index (χ3n) is 0. The SMILES string of the molecule is [C].[OH][Cu][OH]. The van der Waals surface area contributed by atoms with E-state index in [0.717, 1.165) is 0 Å². The zero-order chi connectivity index (χ0) is 2.71. The molecule has 0 aliphatic carbocycles. The van der Waals surface area contributed by atoms with Crippen molar-refractivity contribution in [3.8, 4) is 0 Å². The van der Waals surface area contributed by atoms with Gasteiger partial charge < -0.3 is 0 Å². The molecule has 0 bridgehead atoms. The van der Waals surface area contributed by atoms with Crippen LogP contribution in [0.4, 0.5) is 0 Å². The molecule has 0 rings (SSSR count). The molecule has 0 aromatic rings. The van der Waals surface area contributed by atoms with E-state index in [2.05, 4.69) is 0 Å². The van der Waals surface area contributed by atoms with Crippen molar-refractivity contribution in [3.05, 3.63) is 7.43 Å². The molecule has 29 valence electrons. The van der Waals surface area contributed by atoms with Gasteiger partial charge in [0.15, 0.2) is 0 Å². The standard InChI is InChI=1S/C.Cu.2H2O/h;;2*1H2/q;+2;;/p-2. The van der Waals surface area contributed by atoms with Crippen molar-refractivity contribution >= 4 is 0 Å². The molecule has 0 spiro atoms. The van der Waals surface area contributed by atoms with E-state index in [0.29, 0.717) is 0 Å². The fraction of sp³-hybridized carbons (Fsp3) is 0. The average Bonchev–Trinajstić information content (AvgIpc) is 0.918. The molecule has 0 heterocycles. The van der Waals surface area contributed by atoms with Crippen LogP contribution in [0.5, 0.6) is 0 Å². The summed E-state index contributed by atoms with van der Waals surface area (Å²) >= 11 is -0.188. The van der Waals surface area contributed by atoms with Crippen molar-refractivity contribution in [1.82, 2.24) is 0 Å². The van der Waals surface area contributed by atoms with Crippen molar-refractivity contribution in [3.63, 3.8) is 0 Å². The Balaban J connectivity index is 0. The molecule has 2 nitrogen and oxygen atoms in total. The molecule has 2 N–H and O–H groups in total. The Morgan fingerprint density at radius 3 is 1.25 bits per heavy atom. The zero-order valence-electron chi connectivity index (χ0n) is 1.70. The van der Waals surface area contributed by atoms with Crippen molar-refractivity contribution in [1.29, 1.82) is 0 Å². The van der Waals surface area contributed by atoms with Crippen LogP contribution in [0.1, 0.15) is 0 Å². The predicted molar refractivity (Wildman–Crippen MR) is 7.68 cm³/mol. The van der Waals surface area contributed by atoms with Gasteiger partial charge in [-0.25, -0.2) is 0 Å². The zero-order valence-corrected chi connectivity index (χ0v) is 2.64. The van der Waals surface area contributed by atoms with E-state index >= 15 is 0 Å². The normalized spacial score (nSPS) is 5.50. The summed E-state index contributed by atoms with van der Waals surface area (Å²) in [5.41, 5.74) is 0. The van der Waals surface area contributed by atoms with Gasteiger partial charge in [-0.2, -0.15) is 0 Å². The van der Waals surface area contributed by atoms with Crippen LogP contribution in [-0.4, -0.2) is 8.38 Å². The first kappa shape index (κ1) is 8.83. The molecular weight excluding hydrogens is 108 g/mol. The molecule has 0 aromatic carbocycles. The third kappa shape index (κ3) is 26.2. The van der Waals surface area contributed by atoms with Gasteiger partial charge in [0.1, 0.15) is 0 Å². The summed E-state index contributed by atoms with van der Waals surface area (Å²) in [7, 11) is 0. The van der Waals surface area contributed by atoms with Crippen LogP contribution < -0.4 is 0 Å². The molecule has 0 fully saturated rings. The first-order valence-electron chi connectivity index (χ1n) is 0.270. The van der Waals surface area contributed by atoms with Gasteiger partial charge in [0, 0.05) is 7.43 Å². The van der Waals surface area contributed by atoms with E-state index in [-0.39, 0.29) is 23.0 Å². The third-order valence-corrected chi connectivity index (χ3v) is 0. The van der Waals surface area contributed by atoms with Crippen LogP contribution >= 0.6 is 0 Å². The fourth-order valence-electron chi connectivity index (χ4n) is 0. The molecule has 0 aliphatic heterocycles. The molecule has 0 saturated heterocycles. The minimum atomic E-state index is -0.188. The summed E-state index contributed by atoms with van der Waals surface area (Å²) in [6.45, 7) is 0. The number of hydrogen-bond acceptors (Lipinski definition) is 2. The van der Waals surface area contributed by atoms with Gasteiger partial charge in [0.2, 0.25) is 0 Å². The molecule has 0 saturated carbocycles. The van der Waals surface area contributed by atoms with E-state index in [4.69, 9.17) is 8.38 Å². The Hall–Kier alpha value is 0.439. The second-order valence-electron chi connectivity index (χ2n) is 0.0603. The Kier molecular flexibility index (Phi) is 21.8. The Morgan fingerprint density at radius 1 is 1.25 bits per heavy atom. The molecule has 0 atom stereocenters. The molecule has 4 radical (unpaired) electrons. The predicted octanol–water partition coefficient (Wildman–Crippen LogP) is -1.04. The topological polar surface area (TPSA) is 40.5 Å². The van der Waals surface area contributed by atoms with E-state index in [1.165, 1.54) is 0 Å². The van der Waals surface area contributed by atoms with Crippen LogP contribution in [0.15, 0.2) is 0 Å². The summed E-state index contributed by atoms with van der Waals surface area (Å²) in [4.78, 5) is 0. The van der Waals surface area contributed by atoms with Crippen LogP contribution in [0.3, 0.4) is 0 Å². The summed E-state index contributed by atoms with van der Waals surface area (Å²) in [6.07, 6.45) is 0. The van der Waals surface area contributed by atoms with Crippen LogP contribution in [0, 0.1) is 7.43 Å². The van der Waals surface area contributed by atoms with Gasteiger partial charge in [-0.05, 0) is 0 Å². The quantitative estimate of drug-likeness (QED) is 0.391. The fourth-order valence-corrected chi connectivity index (χ4v) is 0. The molecule has 0 aromatic heterocycles. The number of hydrogen-bond donors (Lipinski definition) is 2. The first-order chi connectivity index (χ1) is 1.41. The van der Waals surface area contributed by atoms with Gasteiger partial charge in [0.05, 0.1) is 0 Å². The van der Waals surface area contributed by atoms with E-state index in [9.17, 15) is 0 Å². The van der Waals surface area contributed by atoms with Crippen LogP contribution in [0.2, 0.25) is 0 Å². The first-order valence-corrected chi connectivity index (χ1v) is 1.11. The van der Waals surface area contributed by atoms with E-state index in [1.54, 1.807) is 0 Å². The van der Waals surface area contributed by atoms with Crippen molar-refractivity contribution in [2.75, 3.05) is 0 Å². The van der Waals surface area contributed by atoms with Crippen molar-refractivity contribution in [2.24, 2.45) is 0 Å². The molecule has 4 heavy (non-hydrogen) atoms. The van der Waals surface area contributed by atoms with Crippen molar-refractivity contribution in [2.45, 2.75) is 0 Å². The molecule has 0 unspecified atom stereocenters. The monoisotopic (exact) mass is 109 g/mol. The average molecular weight is 110 g/mol. The Labute approximate surface area is 32.3 Å².